The molecule has 0 spiro atoms. The third kappa shape index (κ3) is 3.57. The number of carbonyl (C=O) groups is 2. The molecule has 25 heavy (non-hydrogen) atoms. The molecule has 0 radical (unpaired) electrons. The molecule has 130 valence electrons. The minimum Gasteiger partial charge on any atom is -0.496 e. The minimum atomic E-state index is -1.02. The van der Waals surface area contributed by atoms with E-state index in [4.69, 9.17) is 9.47 Å². The Morgan fingerprint density at radius 2 is 1.88 bits per heavy atom. The highest BCUT2D eigenvalue weighted by molar-refractivity contribution is 5.90. The molecule has 0 aliphatic carbocycles. The number of carboxylic acid groups (broad SMARTS) is 1. The summed E-state index contributed by atoms with van der Waals surface area (Å²) in [6.45, 7) is 0.842. The number of fused-ring (bicyclic) bond motifs is 1. The zero-order valence-corrected chi connectivity index (χ0v) is 13.9. The Kier molecular flexibility index (Phi) is 4.88. The van der Waals surface area contributed by atoms with E-state index in [1.165, 1.54) is 11.0 Å². The number of rotatable bonds is 4. The molecular weight excluding hydrogens is 322 g/mol. The van der Waals surface area contributed by atoms with E-state index in [2.05, 4.69) is 0 Å². The monoisotopic (exact) mass is 341 g/mol. The van der Waals surface area contributed by atoms with E-state index in [-0.39, 0.29) is 18.7 Å². The summed E-state index contributed by atoms with van der Waals surface area (Å²) in [6, 6.07) is 12.6. The number of aromatic carboxylic acids is 1. The van der Waals surface area contributed by atoms with Gasteiger partial charge in [-0.25, -0.2) is 9.59 Å². The van der Waals surface area contributed by atoms with Crippen molar-refractivity contribution in [3.05, 3.63) is 64.7 Å². The first kappa shape index (κ1) is 16.8. The molecular formula is C19H19NO5. The number of amides is 1. The average Bonchev–Trinajstić information content (AvgIpc) is 2.65. The van der Waals surface area contributed by atoms with Crippen LogP contribution in [0.4, 0.5) is 4.79 Å². The molecule has 0 unspecified atom stereocenters. The van der Waals surface area contributed by atoms with Crippen LogP contribution < -0.4 is 4.74 Å². The second-order valence-electron chi connectivity index (χ2n) is 5.79. The summed E-state index contributed by atoms with van der Waals surface area (Å²) < 4.78 is 10.7. The minimum absolute atomic E-state index is 0.187. The molecule has 1 N–H and O–H groups in total. The van der Waals surface area contributed by atoms with Crippen LogP contribution >= 0.6 is 0 Å². The third-order valence-corrected chi connectivity index (χ3v) is 4.28. The van der Waals surface area contributed by atoms with Crippen LogP contribution in [0.5, 0.6) is 5.75 Å². The molecule has 6 heteroatoms. The predicted molar refractivity (Wildman–Crippen MR) is 90.7 cm³/mol. The molecule has 6 nitrogen and oxygen atoms in total. The molecule has 0 aromatic heterocycles. The molecule has 0 atom stereocenters. The molecule has 3 rings (SSSR count). The quantitative estimate of drug-likeness (QED) is 0.925. The number of methoxy groups -OCH3 is 1. The molecule has 0 fully saturated rings. The van der Waals surface area contributed by atoms with E-state index in [1.54, 1.807) is 13.2 Å². The summed E-state index contributed by atoms with van der Waals surface area (Å²) in [4.78, 5) is 25.4. The van der Waals surface area contributed by atoms with Crippen molar-refractivity contribution in [2.45, 2.75) is 19.6 Å². The van der Waals surface area contributed by atoms with Gasteiger partial charge >= 0.3 is 12.1 Å². The molecule has 1 aliphatic rings. The van der Waals surface area contributed by atoms with Crippen molar-refractivity contribution in [3.8, 4) is 5.75 Å². The molecule has 1 amide bonds. The van der Waals surface area contributed by atoms with Crippen LogP contribution in [0, 0.1) is 0 Å². The molecule has 0 saturated heterocycles. The van der Waals surface area contributed by atoms with Gasteiger partial charge in [0.05, 0.1) is 19.2 Å². The summed E-state index contributed by atoms with van der Waals surface area (Å²) in [7, 11) is 1.55. The Morgan fingerprint density at radius 1 is 1.12 bits per heavy atom. The Morgan fingerprint density at radius 3 is 2.56 bits per heavy atom. The van der Waals surface area contributed by atoms with Gasteiger partial charge in [-0.05, 0) is 29.7 Å². The zero-order chi connectivity index (χ0) is 17.8. The lowest BCUT2D eigenvalue weighted by Crippen LogP contribution is -2.37. The fourth-order valence-electron chi connectivity index (χ4n) is 3.00. The van der Waals surface area contributed by atoms with Crippen molar-refractivity contribution < 1.29 is 24.2 Å². The molecule has 2 aromatic carbocycles. The van der Waals surface area contributed by atoms with Gasteiger partial charge in [-0.15, -0.1) is 0 Å². The number of carboxylic acids is 1. The van der Waals surface area contributed by atoms with Gasteiger partial charge in [0.15, 0.2) is 0 Å². The van der Waals surface area contributed by atoms with Gasteiger partial charge in [-0.3, -0.25) is 0 Å². The van der Waals surface area contributed by atoms with Gasteiger partial charge in [0.2, 0.25) is 0 Å². The maximum atomic E-state index is 12.3. The maximum Gasteiger partial charge on any atom is 0.410 e. The SMILES string of the molecule is COc1ccc(C(=O)O)c2c1CCN(C(=O)OCc1ccccc1)C2. The van der Waals surface area contributed by atoms with Crippen molar-refractivity contribution >= 4 is 12.1 Å². The number of benzene rings is 2. The van der Waals surface area contributed by atoms with E-state index < -0.39 is 12.1 Å². The first-order valence-corrected chi connectivity index (χ1v) is 7.98. The molecule has 0 saturated carbocycles. The van der Waals surface area contributed by atoms with Crippen LogP contribution in [0.2, 0.25) is 0 Å². The second-order valence-corrected chi connectivity index (χ2v) is 5.79. The van der Waals surface area contributed by atoms with Crippen molar-refractivity contribution in [1.29, 1.82) is 0 Å². The fourth-order valence-corrected chi connectivity index (χ4v) is 3.00. The molecule has 2 aromatic rings. The average molecular weight is 341 g/mol. The van der Waals surface area contributed by atoms with E-state index in [0.29, 0.717) is 24.3 Å². The van der Waals surface area contributed by atoms with Gasteiger partial charge < -0.3 is 19.5 Å². The smallest absolute Gasteiger partial charge is 0.410 e. The van der Waals surface area contributed by atoms with Gasteiger partial charge in [0, 0.05) is 12.1 Å². The zero-order valence-electron chi connectivity index (χ0n) is 13.9. The molecule has 1 aliphatic heterocycles. The van der Waals surface area contributed by atoms with Crippen LogP contribution in [-0.2, 0) is 24.3 Å². The Bertz CT molecular complexity index is 788. The molecule has 1 heterocycles. The molecule has 0 bridgehead atoms. The van der Waals surface area contributed by atoms with Crippen molar-refractivity contribution in [2.75, 3.05) is 13.7 Å². The van der Waals surface area contributed by atoms with Crippen LogP contribution in [-0.4, -0.2) is 35.7 Å². The lowest BCUT2D eigenvalue weighted by molar-refractivity contribution is 0.0688. The number of carbonyl (C=O) groups excluding carboxylic acids is 1. The summed E-state index contributed by atoms with van der Waals surface area (Å²) >= 11 is 0. The Balaban J connectivity index is 1.75. The largest absolute Gasteiger partial charge is 0.496 e. The highest BCUT2D eigenvalue weighted by Gasteiger charge is 2.28. The first-order chi connectivity index (χ1) is 12.1. The topological polar surface area (TPSA) is 76.1 Å². The van der Waals surface area contributed by atoms with Gasteiger partial charge in [-0.2, -0.15) is 0 Å². The predicted octanol–water partition coefficient (Wildman–Crippen LogP) is 3.09. The van der Waals surface area contributed by atoms with E-state index in [0.717, 1.165) is 11.1 Å². The van der Waals surface area contributed by atoms with E-state index in [9.17, 15) is 14.7 Å². The van der Waals surface area contributed by atoms with Gasteiger partial charge in [-0.1, -0.05) is 30.3 Å². The second kappa shape index (κ2) is 7.25. The van der Waals surface area contributed by atoms with Crippen LogP contribution in [0.1, 0.15) is 27.0 Å². The maximum absolute atomic E-state index is 12.3. The number of hydrogen-bond acceptors (Lipinski definition) is 4. The van der Waals surface area contributed by atoms with Gasteiger partial charge in [0.1, 0.15) is 12.4 Å². The number of nitrogens with zero attached hydrogens (tertiary/aromatic N) is 1. The lowest BCUT2D eigenvalue weighted by Gasteiger charge is -2.30. The normalized spacial score (nSPS) is 13.1. The number of hydrogen-bond donors (Lipinski definition) is 1. The fraction of sp³-hybridized carbons (Fsp3) is 0.263. The summed E-state index contributed by atoms with van der Waals surface area (Å²) in [5.41, 5.74) is 2.54. The van der Waals surface area contributed by atoms with Crippen LogP contribution in [0.15, 0.2) is 42.5 Å². The van der Waals surface area contributed by atoms with Crippen molar-refractivity contribution in [1.82, 2.24) is 4.90 Å². The van der Waals surface area contributed by atoms with Crippen LogP contribution in [0.3, 0.4) is 0 Å². The number of ether oxygens (including phenoxy) is 2. The first-order valence-electron chi connectivity index (χ1n) is 7.98. The van der Waals surface area contributed by atoms with Crippen LogP contribution in [0.25, 0.3) is 0 Å². The Hall–Kier alpha value is -3.02. The summed E-state index contributed by atoms with van der Waals surface area (Å²) in [6.07, 6.45) is 0.0775. The van der Waals surface area contributed by atoms with Gasteiger partial charge in [0.25, 0.3) is 0 Å². The summed E-state index contributed by atoms with van der Waals surface area (Å²) in [5.74, 6) is -0.365. The Labute approximate surface area is 145 Å². The lowest BCUT2D eigenvalue weighted by atomic mass is 9.94. The third-order valence-electron chi connectivity index (χ3n) is 4.28. The van der Waals surface area contributed by atoms with E-state index in [1.807, 2.05) is 30.3 Å². The highest BCUT2D eigenvalue weighted by atomic mass is 16.6. The summed E-state index contributed by atoms with van der Waals surface area (Å²) in [5, 5.41) is 9.41. The highest BCUT2D eigenvalue weighted by Crippen LogP contribution is 2.31. The van der Waals surface area contributed by atoms with Crippen molar-refractivity contribution in [2.24, 2.45) is 0 Å². The standard InChI is InChI=1S/C19H19NO5/c1-24-17-8-7-15(18(21)22)16-11-20(10-9-14(16)17)19(23)25-12-13-5-3-2-4-6-13/h2-8H,9-12H2,1H3,(H,21,22). The van der Waals surface area contributed by atoms with Crippen molar-refractivity contribution in [3.63, 3.8) is 0 Å². The van der Waals surface area contributed by atoms with E-state index >= 15 is 0 Å².